The molecule has 0 rings (SSSR count). The van der Waals surface area contributed by atoms with Gasteiger partial charge in [0.05, 0.1) is 0 Å². The number of hydrogen-bond acceptors (Lipinski definition) is 1. The summed E-state index contributed by atoms with van der Waals surface area (Å²) in [4.78, 5) is -0.234. The maximum atomic E-state index is 5.29. The zero-order valence-corrected chi connectivity index (χ0v) is 5.60. The Labute approximate surface area is 53.2 Å². The molecule has 0 bridgehead atoms. The molecule has 0 amide bonds. The Bertz CT molecular complexity index is 30.0. The summed E-state index contributed by atoms with van der Waals surface area (Å²) in [7, 11) is 0. The number of rotatable bonds is 2. The van der Waals surface area contributed by atoms with Crippen molar-refractivity contribution in [2.75, 3.05) is 5.75 Å². The van der Waals surface area contributed by atoms with Crippen LogP contribution in [0, 0.1) is 0 Å². The molecule has 0 unspecified atom stereocenters. The predicted octanol–water partition coefficient (Wildman–Crippen LogP) is 2.11. The van der Waals surface area contributed by atoms with Gasteiger partial charge < -0.3 is 0 Å². The fourth-order valence-corrected chi connectivity index (χ4v) is 0.878. The number of alkyl halides is 2. The standard InChI is InChI=1S/C3H6Cl2S/c4-3(5)1-2-6/h3,6H,1-2H2. The summed E-state index contributed by atoms with van der Waals surface area (Å²) >= 11 is 14.5. The highest BCUT2D eigenvalue weighted by atomic mass is 35.5. The first-order valence-electron chi connectivity index (χ1n) is 1.66. The minimum Gasteiger partial charge on any atom is -0.179 e. The molecule has 0 N–H and O–H groups in total. The van der Waals surface area contributed by atoms with Crippen molar-refractivity contribution in [1.29, 1.82) is 0 Å². The highest BCUT2D eigenvalue weighted by molar-refractivity contribution is 7.80. The minimum absolute atomic E-state index is 0.234. The van der Waals surface area contributed by atoms with Gasteiger partial charge in [-0.25, -0.2) is 0 Å². The van der Waals surface area contributed by atoms with Crippen LogP contribution in [0.15, 0.2) is 0 Å². The Morgan fingerprint density at radius 1 is 1.50 bits per heavy atom. The smallest absolute Gasteiger partial charge is 0.108 e. The van der Waals surface area contributed by atoms with E-state index in [9.17, 15) is 0 Å². The van der Waals surface area contributed by atoms with Gasteiger partial charge in [-0.3, -0.25) is 0 Å². The van der Waals surface area contributed by atoms with E-state index in [0.29, 0.717) is 0 Å². The van der Waals surface area contributed by atoms with Crippen LogP contribution in [0.5, 0.6) is 0 Å². The van der Waals surface area contributed by atoms with Gasteiger partial charge >= 0.3 is 0 Å². The normalized spacial score (nSPS) is 10.0. The highest BCUT2D eigenvalue weighted by Crippen LogP contribution is 2.06. The molecule has 0 aromatic heterocycles. The van der Waals surface area contributed by atoms with E-state index in [0.717, 1.165) is 12.2 Å². The van der Waals surface area contributed by atoms with Crippen molar-refractivity contribution >= 4 is 35.8 Å². The molecule has 0 spiro atoms. The summed E-state index contributed by atoms with van der Waals surface area (Å²) in [6.07, 6.45) is 0.770. The van der Waals surface area contributed by atoms with Crippen molar-refractivity contribution in [3.05, 3.63) is 0 Å². The quantitative estimate of drug-likeness (QED) is 0.446. The van der Waals surface area contributed by atoms with Gasteiger partial charge in [0.2, 0.25) is 0 Å². The molecule has 38 valence electrons. The van der Waals surface area contributed by atoms with E-state index in [-0.39, 0.29) is 4.84 Å². The molecule has 0 saturated heterocycles. The molecule has 0 aliphatic rings. The van der Waals surface area contributed by atoms with Crippen LogP contribution >= 0.6 is 35.8 Å². The number of halogens is 2. The van der Waals surface area contributed by atoms with Gasteiger partial charge in [-0.05, 0) is 12.2 Å². The van der Waals surface area contributed by atoms with Crippen molar-refractivity contribution in [2.24, 2.45) is 0 Å². The van der Waals surface area contributed by atoms with Crippen molar-refractivity contribution in [1.82, 2.24) is 0 Å². The van der Waals surface area contributed by atoms with Gasteiger partial charge in [0, 0.05) is 0 Å². The summed E-state index contributed by atoms with van der Waals surface area (Å²) in [5.41, 5.74) is 0. The van der Waals surface area contributed by atoms with Crippen molar-refractivity contribution in [2.45, 2.75) is 11.3 Å². The zero-order valence-electron chi connectivity index (χ0n) is 3.19. The van der Waals surface area contributed by atoms with E-state index in [2.05, 4.69) is 12.6 Å². The summed E-state index contributed by atoms with van der Waals surface area (Å²) in [5.74, 6) is 0.762. The lowest BCUT2D eigenvalue weighted by molar-refractivity contribution is 1.06. The summed E-state index contributed by atoms with van der Waals surface area (Å²) in [5, 5.41) is 0. The van der Waals surface area contributed by atoms with E-state index >= 15 is 0 Å². The molecule has 0 saturated carbocycles. The fraction of sp³-hybridized carbons (Fsp3) is 1.00. The van der Waals surface area contributed by atoms with Crippen molar-refractivity contribution < 1.29 is 0 Å². The second-order valence-corrected chi connectivity index (χ2v) is 2.63. The second kappa shape index (κ2) is 4.10. The van der Waals surface area contributed by atoms with Crippen LogP contribution in [0.2, 0.25) is 0 Å². The van der Waals surface area contributed by atoms with Crippen LogP contribution in [0.4, 0.5) is 0 Å². The Morgan fingerprint density at radius 3 is 2.00 bits per heavy atom. The molecule has 0 fully saturated rings. The third-order valence-electron chi connectivity index (χ3n) is 0.347. The number of hydrogen-bond donors (Lipinski definition) is 1. The zero-order chi connectivity index (χ0) is 4.99. The van der Waals surface area contributed by atoms with Crippen LogP contribution in [0.3, 0.4) is 0 Å². The summed E-state index contributed by atoms with van der Waals surface area (Å²) in [6, 6.07) is 0. The molecule has 0 heterocycles. The Balaban J connectivity index is 2.63. The van der Waals surface area contributed by atoms with E-state index in [1.165, 1.54) is 0 Å². The largest absolute Gasteiger partial charge is 0.179 e. The molecule has 0 aliphatic heterocycles. The molecule has 0 atom stereocenters. The predicted molar refractivity (Wildman–Crippen MR) is 34.0 cm³/mol. The van der Waals surface area contributed by atoms with E-state index in [4.69, 9.17) is 23.2 Å². The lowest BCUT2D eigenvalue weighted by Gasteiger charge is -1.90. The maximum absolute atomic E-state index is 5.29. The molecule has 3 heteroatoms. The highest BCUT2D eigenvalue weighted by Gasteiger charge is 1.91. The lowest BCUT2D eigenvalue weighted by atomic mass is 10.6. The van der Waals surface area contributed by atoms with Gasteiger partial charge in [0.1, 0.15) is 4.84 Å². The van der Waals surface area contributed by atoms with Crippen LogP contribution in [-0.4, -0.2) is 10.6 Å². The average Bonchev–Trinajstić information content (AvgIpc) is 1.35. The fourth-order valence-electron chi connectivity index (χ4n) is 0.0976. The Morgan fingerprint density at radius 2 is 2.00 bits per heavy atom. The first kappa shape index (κ1) is 6.93. The third kappa shape index (κ3) is 4.93. The molecule has 6 heavy (non-hydrogen) atoms. The van der Waals surface area contributed by atoms with Crippen LogP contribution < -0.4 is 0 Å². The van der Waals surface area contributed by atoms with E-state index < -0.39 is 0 Å². The molecule has 0 nitrogen and oxygen atoms in total. The Hall–Kier alpha value is 0.930. The van der Waals surface area contributed by atoms with Crippen LogP contribution in [-0.2, 0) is 0 Å². The van der Waals surface area contributed by atoms with Gasteiger partial charge in [0.15, 0.2) is 0 Å². The number of thiol groups is 1. The third-order valence-corrected chi connectivity index (χ3v) is 1.04. The van der Waals surface area contributed by atoms with Gasteiger partial charge in [-0.15, -0.1) is 23.2 Å². The topological polar surface area (TPSA) is 0 Å². The molecule has 0 aliphatic carbocycles. The first-order valence-corrected chi connectivity index (χ1v) is 3.17. The van der Waals surface area contributed by atoms with Gasteiger partial charge in [-0.1, -0.05) is 0 Å². The molecule has 0 aromatic rings. The van der Waals surface area contributed by atoms with E-state index in [1.54, 1.807) is 0 Å². The van der Waals surface area contributed by atoms with Crippen molar-refractivity contribution in [3.63, 3.8) is 0 Å². The van der Waals surface area contributed by atoms with Gasteiger partial charge in [0.25, 0.3) is 0 Å². The lowest BCUT2D eigenvalue weighted by Crippen LogP contribution is -1.84. The maximum Gasteiger partial charge on any atom is 0.108 e. The Kier molecular flexibility index (Phi) is 4.73. The summed E-state index contributed by atoms with van der Waals surface area (Å²) < 4.78 is 0. The van der Waals surface area contributed by atoms with Crippen LogP contribution in [0.1, 0.15) is 6.42 Å². The SMILES string of the molecule is SCCC(Cl)Cl. The second-order valence-electron chi connectivity index (χ2n) is 0.903. The molecular weight excluding hydrogens is 139 g/mol. The molecular formula is C3H6Cl2S. The monoisotopic (exact) mass is 144 g/mol. The van der Waals surface area contributed by atoms with E-state index in [1.807, 2.05) is 0 Å². The first-order chi connectivity index (χ1) is 2.77. The summed E-state index contributed by atoms with van der Waals surface area (Å²) in [6.45, 7) is 0. The van der Waals surface area contributed by atoms with Gasteiger partial charge in [-0.2, -0.15) is 12.6 Å². The average molecular weight is 145 g/mol. The molecule has 0 radical (unpaired) electrons. The van der Waals surface area contributed by atoms with Crippen LogP contribution in [0.25, 0.3) is 0 Å². The van der Waals surface area contributed by atoms with Crippen molar-refractivity contribution in [3.8, 4) is 0 Å². The molecule has 0 aromatic carbocycles. The minimum atomic E-state index is -0.234.